The van der Waals surface area contributed by atoms with Gasteiger partial charge in [0, 0.05) is 20.7 Å². The third-order valence-electron chi connectivity index (χ3n) is 0.211. The number of hydrogen-bond acceptors (Lipinski definition) is 2. The first-order valence-corrected chi connectivity index (χ1v) is 2.41. The molecule has 0 aromatic carbocycles. The molecular weight excluding hydrogens is 122 g/mol. The molecule has 58 valence electrons. The summed E-state index contributed by atoms with van der Waals surface area (Å²) in [4.78, 5) is 10.9. The second-order valence-corrected chi connectivity index (χ2v) is 1.39. The van der Waals surface area contributed by atoms with E-state index >= 15 is 0 Å². The van der Waals surface area contributed by atoms with Crippen LogP contribution in [0.15, 0.2) is 0 Å². The van der Waals surface area contributed by atoms with Crippen molar-refractivity contribution in [2.75, 3.05) is 20.7 Å². The molecule has 0 spiro atoms. The van der Waals surface area contributed by atoms with Crippen LogP contribution < -0.4 is 0 Å². The van der Waals surface area contributed by atoms with Gasteiger partial charge in [0.2, 0.25) is 6.41 Å². The average molecular weight is 137 g/mol. The van der Waals surface area contributed by atoms with Crippen LogP contribution in [0.25, 0.3) is 0 Å². The minimum Gasteiger partial charge on any atom is -0.412 e. The average Bonchev–Trinajstić information content (AvgIpc) is 1.69. The van der Waals surface area contributed by atoms with Crippen LogP contribution in [-0.2, 0) is 4.79 Å². The Morgan fingerprint density at radius 3 is 1.67 bits per heavy atom. The van der Waals surface area contributed by atoms with Gasteiger partial charge in [0.25, 0.3) is 0 Å². The lowest BCUT2D eigenvalue weighted by atomic mass is 10.9. The minimum atomic E-state index is 0. The molecule has 0 saturated heterocycles. The molecule has 4 heteroatoms. The Bertz CT molecular complexity index is 47.5. The molecule has 0 aromatic rings. The van der Waals surface area contributed by atoms with E-state index in [1.807, 2.05) is 0 Å². The number of nitrogens with zero attached hydrogens (tertiary/aromatic N) is 1. The smallest absolute Gasteiger partial charge is 0.209 e. The highest BCUT2D eigenvalue weighted by Crippen LogP contribution is 1.52. The summed E-state index contributed by atoms with van der Waals surface area (Å²) in [5.41, 5.74) is 0. The lowest BCUT2D eigenvalue weighted by Crippen LogP contribution is -2.06. The van der Waals surface area contributed by atoms with Gasteiger partial charge in [-0.15, -0.1) is 0 Å². The fraction of sp³-hybridized carbons (Fsp3) is 0.800. The Hall–Kier alpha value is -0.610. The molecule has 3 N–H and O–H groups in total. The molecule has 0 unspecified atom stereocenters. The van der Waals surface area contributed by atoms with E-state index in [2.05, 4.69) is 0 Å². The van der Waals surface area contributed by atoms with Gasteiger partial charge in [0.15, 0.2) is 0 Å². The fourth-order valence-corrected chi connectivity index (χ4v) is 0. The highest BCUT2D eigenvalue weighted by Gasteiger charge is 1.68. The zero-order valence-electron chi connectivity index (χ0n) is 6.09. The van der Waals surface area contributed by atoms with Crippen LogP contribution in [-0.4, -0.2) is 42.6 Å². The topological polar surface area (TPSA) is 72.0 Å². The van der Waals surface area contributed by atoms with Gasteiger partial charge in [-0.2, -0.15) is 0 Å². The molecule has 0 fully saturated rings. The zero-order chi connectivity index (χ0) is 6.99. The summed E-state index contributed by atoms with van der Waals surface area (Å²) >= 11 is 0. The second-order valence-electron chi connectivity index (χ2n) is 1.39. The predicted molar refractivity (Wildman–Crippen MR) is 36.1 cm³/mol. The molecule has 0 rings (SSSR count). The maximum atomic E-state index is 9.43. The Labute approximate surface area is 55.4 Å². The summed E-state index contributed by atoms with van der Waals surface area (Å²) in [6, 6.07) is 0. The lowest BCUT2D eigenvalue weighted by molar-refractivity contribution is -0.115. The first-order chi connectivity index (χ1) is 3.68. The molecule has 0 radical (unpaired) electrons. The lowest BCUT2D eigenvalue weighted by Gasteiger charge is -1.93. The summed E-state index contributed by atoms with van der Waals surface area (Å²) in [5, 5.41) is 7.57. The Morgan fingerprint density at radius 2 is 1.67 bits per heavy atom. The molecule has 0 atom stereocenters. The number of aliphatic hydroxyl groups excluding tert-OH is 1. The summed E-state index contributed by atoms with van der Waals surface area (Å²) in [5.74, 6) is 0. The zero-order valence-corrected chi connectivity index (χ0v) is 6.09. The van der Waals surface area contributed by atoms with E-state index in [9.17, 15) is 4.79 Å². The maximum absolute atomic E-state index is 9.43. The molecule has 0 aliphatic heterocycles. The van der Waals surface area contributed by atoms with Crippen LogP contribution in [0, 0.1) is 0 Å². The second kappa shape index (κ2) is 15.7. The van der Waals surface area contributed by atoms with E-state index in [4.69, 9.17) is 5.11 Å². The summed E-state index contributed by atoms with van der Waals surface area (Å²) in [6.07, 6.45) is 0.750. The first-order valence-electron chi connectivity index (χ1n) is 2.41. The number of rotatable bonds is 1. The highest BCUT2D eigenvalue weighted by atomic mass is 16.2. The van der Waals surface area contributed by atoms with E-state index in [-0.39, 0.29) is 12.1 Å². The highest BCUT2D eigenvalue weighted by molar-refractivity contribution is 5.45. The van der Waals surface area contributed by atoms with Crippen LogP contribution in [0.1, 0.15) is 6.92 Å². The van der Waals surface area contributed by atoms with Crippen LogP contribution in [0.2, 0.25) is 0 Å². The van der Waals surface area contributed by atoms with Crippen molar-refractivity contribution < 1.29 is 15.4 Å². The summed E-state index contributed by atoms with van der Waals surface area (Å²) in [6.45, 7) is 1.93. The van der Waals surface area contributed by atoms with Crippen molar-refractivity contribution in [1.29, 1.82) is 0 Å². The molecule has 0 bridgehead atoms. The molecule has 0 saturated carbocycles. The third kappa shape index (κ3) is 111. The number of carbonyl (C=O) groups excluding carboxylic acids is 1. The van der Waals surface area contributed by atoms with E-state index in [0.717, 1.165) is 6.41 Å². The van der Waals surface area contributed by atoms with Crippen molar-refractivity contribution in [3.05, 3.63) is 0 Å². The number of hydrogen-bond donors (Lipinski definition) is 1. The van der Waals surface area contributed by atoms with Crippen molar-refractivity contribution in [2.45, 2.75) is 6.92 Å². The van der Waals surface area contributed by atoms with Crippen molar-refractivity contribution in [2.24, 2.45) is 0 Å². The van der Waals surface area contributed by atoms with E-state index in [0.29, 0.717) is 0 Å². The van der Waals surface area contributed by atoms with Gasteiger partial charge >= 0.3 is 0 Å². The molecule has 9 heavy (non-hydrogen) atoms. The maximum Gasteiger partial charge on any atom is 0.209 e. The standard InChI is InChI=1S/C3H7NO.C2H6O.H2O/c1-4(2)3-5;1-2-3;/h3H,1-2H3;3H,2H2,1H3;1H2. The van der Waals surface area contributed by atoms with Gasteiger partial charge in [-0.05, 0) is 6.92 Å². The summed E-state index contributed by atoms with van der Waals surface area (Å²) in [7, 11) is 3.38. The Balaban J connectivity index is -0.0000000800. The normalized spacial score (nSPS) is 5.78. The van der Waals surface area contributed by atoms with Gasteiger partial charge in [-0.3, -0.25) is 4.79 Å². The van der Waals surface area contributed by atoms with Gasteiger partial charge in [-0.1, -0.05) is 0 Å². The van der Waals surface area contributed by atoms with Gasteiger partial charge in [-0.25, -0.2) is 0 Å². The number of aliphatic hydroxyl groups is 1. The van der Waals surface area contributed by atoms with Gasteiger partial charge in [0.1, 0.15) is 0 Å². The third-order valence-corrected chi connectivity index (χ3v) is 0.211. The van der Waals surface area contributed by atoms with Crippen LogP contribution in [0.5, 0.6) is 0 Å². The Morgan fingerprint density at radius 1 is 1.56 bits per heavy atom. The van der Waals surface area contributed by atoms with E-state index in [1.165, 1.54) is 4.90 Å². The molecule has 0 heterocycles. The van der Waals surface area contributed by atoms with E-state index in [1.54, 1.807) is 21.0 Å². The monoisotopic (exact) mass is 137 g/mol. The van der Waals surface area contributed by atoms with Gasteiger partial charge in [0.05, 0.1) is 0 Å². The Kier molecular flexibility index (Phi) is 27.4. The number of amides is 1. The van der Waals surface area contributed by atoms with E-state index < -0.39 is 0 Å². The summed E-state index contributed by atoms with van der Waals surface area (Å²) < 4.78 is 0. The molecule has 4 nitrogen and oxygen atoms in total. The molecule has 0 aromatic heterocycles. The van der Waals surface area contributed by atoms with Crippen molar-refractivity contribution >= 4 is 6.41 Å². The number of carbonyl (C=O) groups is 1. The van der Waals surface area contributed by atoms with Crippen molar-refractivity contribution in [3.8, 4) is 0 Å². The van der Waals surface area contributed by atoms with Gasteiger partial charge < -0.3 is 15.5 Å². The molecule has 0 aliphatic carbocycles. The quantitative estimate of drug-likeness (QED) is 0.465. The van der Waals surface area contributed by atoms with Crippen LogP contribution >= 0.6 is 0 Å². The minimum absolute atomic E-state index is 0. The molecule has 1 amide bonds. The first kappa shape index (κ1) is 15.8. The SMILES string of the molecule is CCO.CN(C)C=O.O. The largest absolute Gasteiger partial charge is 0.412 e. The van der Waals surface area contributed by atoms with Crippen LogP contribution in [0.3, 0.4) is 0 Å². The molecule has 0 aliphatic rings. The van der Waals surface area contributed by atoms with Crippen molar-refractivity contribution in [3.63, 3.8) is 0 Å². The predicted octanol–water partition coefficient (Wildman–Crippen LogP) is -1.12. The van der Waals surface area contributed by atoms with Crippen molar-refractivity contribution in [1.82, 2.24) is 4.90 Å². The fourth-order valence-electron chi connectivity index (χ4n) is 0. The van der Waals surface area contributed by atoms with Crippen LogP contribution in [0.4, 0.5) is 0 Å². The molecular formula is C5H15NO3.